The number of carbonyl (C=O) groups is 1. The van der Waals surface area contributed by atoms with Crippen LogP contribution in [-0.4, -0.2) is 42.1 Å². The van der Waals surface area contributed by atoms with Gasteiger partial charge < -0.3 is 14.6 Å². The maximum atomic E-state index is 12.6. The monoisotopic (exact) mass is 286 g/mol. The second-order valence-electron chi connectivity index (χ2n) is 5.53. The highest BCUT2D eigenvalue weighted by Crippen LogP contribution is 2.13. The molecular weight excluding hydrogens is 268 g/mol. The number of rotatable bonds is 1. The molecule has 0 spiro atoms. The smallest absolute Gasteiger partial charge is 0.261 e. The Morgan fingerprint density at radius 2 is 2.19 bits per heavy atom. The van der Waals surface area contributed by atoms with E-state index in [2.05, 4.69) is 4.98 Å². The number of hydrogen-bond acceptors (Lipinski definition) is 3. The van der Waals surface area contributed by atoms with Crippen LogP contribution >= 0.6 is 0 Å². The number of amides is 1. The van der Waals surface area contributed by atoms with Gasteiger partial charge in [-0.3, -0.25) is 9.59 Å². The number of benzene rings is 1. The number of hydrogen-bond donors (Lipinski definition) is 1. The number of fused-ring (bicyclic) bond motifs is 1. The molecule has 1 aliphatic rings. The van der Waals surface area contributed by atoms with E-state index in [9.17, 15) is 9.59 Å². The normalized spacial score (nSPS) is 19.5. The predicted molar refractivity (Wildman–Crippen MR) is 80.5 cm³/mol. The summed E-state index contributed by atoms with van der Waals surface area (Å²) in [6.07, 6.45) is 0. The molecule has 110 valence electrons. The molecule has 1 aromatic heterocycles. The van der Waals surface area contributed by atoms with Crippen LogP contribution in [0.1, 0.15) is 17.3 Å². The average Bonchev–Trinajstić information content (AvgIpc) is 2.70. The van der Waals surface area contributed by atoms with E-state index in [0.29, 0.717) is 26.3 Å². The van der Waals surface area contributed by atoms with Crippen LogP contribution < -0.4 is 5.56 Å². The Morgan fingerprint density at radius 3 is 3.05 bits per heavy atom. The third-order valence-corrected chi connectivity index (χ3v) is 3.71. The van der Waals surface area contributed by atoms with Gasteiger partial charge >= 0.3 is 0 Å². The van der Waals surface area contributed by atoms with Gasteiger partial charge in [-0.05, 0) is 23.4 Å². The van der Waals surface area contributed by atoms with Crippen LogP contribution in [0.15, 0.2) is 35.1 Å². The van der Waals surface area contributed by atoms with Gasteiger partial charge in [-0.1, -0.05) is 25.1 Å². The highest BCUT2D eigenvalue weighted by atomic mass is 16.5. The minimum atomic E-state index is -0.337. The van der Waals surface area contributed by atoms with Crippen LogP contribution in [0.2, 0.25) is 0 Å². The summed E-state index contributed by atoms with van der Waals surface area (Å²) in [5, 5.41) is 0.861. The van der Waals surface area contributed by atoms with E-state index in [0.717, 1.165) is 10.9 Å². The van der Waals surface area contributed by atoms with Gasteiger partial charge in [0.15, 0.2) is 0 Å². The van der Waals surface area contributed by atoms with E-state index < -0.39 is 0 Å². The first-order valence-corrected chi connectivity index (χ1v) is 7.14. The molecular formula is C16H18N2O3. The number of para-hydroxylation sites is 1. The van der Waals surface area contributed by atoms with Crippen molar-refractivity contribution in [2.75, 3.05) is 26.3 Å². The molecule has 0 radical (unpaired) electrons. The lowest BCUT2D eigenvalue weighted by Gasteiger charge is -2.21. The van der Waals surface area contributed by atoms with Crippen LogP contribution in [0.25, 0.3) is 10.9 Å². The van der Waals surface area contributed by atoms with E-state index in [1.165, 1.54) is 0 Å². The first-order chi connectivity index (χ1) is 10.1. The van der Waals surface area contributed by atoms with Gasteiger partial charge in [-0.25, -0.2) is 0 Å². The Bertz CT molecular complexity index is 723. The number of carbonyl (C=O) groups excluding carboxylic acids is 1. The van der Waals surface area contributed by atoms with E-state index in [1.807, 2.05) is 31.2 Å². The summed E-state index contributed by atoms with van der Waals surface area (Å²) in [6.45, 7) is 4.34. The Kier molecular flexibility index (Phi) is 3.75. The van der Waals surface area contributed by atoms with Gasteiger partial charge in [0.2, 0.25) is 0 Å². The topological polar surface area (TPSA) is 62.4 Å². The first kappa shape index (κ1) is 13.8. The van der Waals surface area contributed by atoms with E-state index in [-0.39, 0.29) is 22.9 Å². The molecule has 1 N–H and O–H groups in total. The van der Waals surface area contributed by atoms with Crippen LogP contribution in [0.4, 0.5) is 0 Å². The van der Waals surface area contributed by atoms with Crippen molar-refractivity contribution < 1.29 is 9.53 Å². The molecule has 2 heterocycles. The summed E-state index contributed by atoms with van der Waals surface area (Å²) in [5.41, 5.74) is 0.603. The summed E-state index contributed by atoms with van der Waals surface area (Å²) >= 11 is 0. The zero-order valence-corrected chi connectivity index (χ0v) is 12.0. The van der Waals surface area contributed by atoms with Crippen LogP contribution in [0.5, 0.6) is 0 Å². The van der Waals surface area contributed by atoms with Crippen molar-refractivity contribution in [1.82, 2.24) is 9.88 Å². The lowest BCUT2D eigenvalue weighted by molar-refractivity contribution is 0.0736. The van der Waals surface area contributed by atoms with Gasteiger partial charge in [0.25, 0.3) is 11.5 Å². The average molecular weight is 286 g/mol. The van der Waals surface area contributed by atoms with Crippen molar-refractivity contribution in [3.63, 3.8) is 0 Å². The molecule has 3 rings (SSSR count). The van der Waals surface area contributed by atoms with Crippen LogP contribution in [0.3, 0.4) is 0 Å². The zero-order valence-electron chi connectivity index (χ0n) is 12.0. The van der Waals surface area contributed by atoms with Crippen LogP contribution in [0, 0.1) is 5.92 Å². The summed E-state index contributed by atoms with van der Waals surface area (Å²) < 4.78 is 5.44. The SMILES string of the molecule is CC1COCCN(C(=O)c2cc3ccccc3[nH]c2=O)C1. The number of nitrogens with zero attached hydrogens (tertiary/aromatic N) is 1. The van der Waals surface area contributed by atoms with Crippen molar-refractivity contribution in [3.05, 3.63) is 46.2 Å². The number of aromatic amines is 1. The largest absolute Gasteiger partial charge is 0.379 e. The second-order valence-corrected chi connectivity index (χ2v) is 5.53. The molecule has 1 saturated heterocycles. The molecule has 0 aliphatic carbocycles. The fourth-order valence-corrected chi connectivity index (χ4v) is 2.64. The third-order valence-electron chi connectivity index (χ3n) is 3.71. The van der Waals surface area contributed by atoms with Crippen molar-refractivity contribution in [3.8, 4) is 0 Å². The quantitative estimate of drug-likeness (QED) is 0.867. The minimum Gasteiger partial charge on any atom is -0.379 e. The molecule has 0 saturated carbocycles. The molecule has 1 aromatic carbocycles. The number of H-pyrrole nitrogens is 1. The van der Waals surface area contributed by atoms with E-state index in [1.54, 1.807) is 11.0 Å². The molecule has 1 fully saturated rings. The Morgan fingerprint density at radius 1 is 1.38 bits per heavy atom. The number of pyridine rings is 1. The Balaban J connectivity index is 1.97. The molecule has 21 heavy (non-hydrogen) atoms. The summed E-state index contributed by atoms with van der Waals surface area (Å²) in [4.78, 5) is 29.2. The maximum absolute atomic E-state index is 12.6. The molecule has 5 nitrogen and oxygen atoms in total. The Hall–Kier alpha value is -2.14. The summed E-state index contributed by atoms with van der Waals surface area (Å²) in [6, 6.07) is 9.13. The highest BCUT2D eigenvalue weighted by molar-refractivity contribution is 5.97. The molecule has 0 bridgehead atoms. The fourth-order valence-electron chi connectivity index (χ4n) is 2.64. The fraction of sp³-hybridized carbons (Fsp3) is 0.375. The molecule has 1 atom stereocenters. The number of aromatic nitrogens is 1. The second kappa shape index (κ2) is 5.69. The number of ether oxygens (including phenoxy) is 1. The summed E-state index contributed by atoms with van der Waals surface area (Å²) in [5.74, 6) is 0.0512. The zero-order chi connectivity index (χ0) is 14.8. The van der Waals surface area contributed by atoms with Gasteiger partial charge in [0, 0.05) is 18.6 Å². The molecule has 2 aromatic rings. The van der Waals surface area contributed by atoms with Crippen molar-refractivity contribution in [2.45, 2.75) is 6.92 Å². The lowest BCUT2D eigenvalue weighted by Crippen LogP contribution is -2.38. The predicted octanol–water partition coefficient (Wildman–Crippen LogP) is 1.64. The lowest BCUT2D eigenvalue weighted by atomic mass is 10.1. The Labute approximate surface area is 122 Å². The van der Waals surface area contributed by atoms with Crippen LogP contribution in [-0.2, 0) is 4.74 Å². The van der Waals surface area contributed by atoms with Gasteiger partial charge in [0.1, 0.15) is 5.56 Å². The summed E-state index contributed by atoms with van der Waals surface area (Å²) in [7, 11) is 0. The van der Waals surface area contributed by atoms with E-state index >= 15 is 0 Å². The standard InChI is InChI=1S/C16H18N2O3/c1-11-9-18(6-7-21-10-11)16(20)13-8-12-4-2-3-5-14(12)17-15(13)19/h2-5,8,11H,6-7,9-10H2,1H3,(H,17,19). The molecule has 1 unspecified atom stereocenters. The van der Waals surface area contributed by atoms with Gasteiger partial charge in [0.05, 0.1) is 13.2 Å². The van der Waals surface area contributed by atoms with Gasteiger partial charge in [-0.15, -0.1) is 0 Å². The number of nitrogens with one attached hydrogen (secondary N) is 1. The van der Waals surface area contributed by atoms with Crippen molar-refractivity contribution in [2.24, 2.45) is 5.92 Å². The van der Waals surface area contributed by atoms with Gasteiger partial charge in [-0.2, -0.15) is 0 Å². The third kappa shape index (κ3) is 2.83. The van der Waals surface area contributed by atoms with Crippen molar-refractivity contribution >= 4 is 16.8 Å². The maximum Gasteiger partial charge on any atom is 0.261 e. The molecule has 1 aliphatic heterocycles. The molecule has 5 heteroatoms. The minimum absolute atomic E-state index is 0.197. The van der Waals surface area contributed by atoms with E-state index in [4.69, 9.17) is 4.74 Å². The highest BCUT2D eigenvalue weighted by Gasteiger charge is 2.23. The van der Waals surface area contributed by atoms with Crippen molar-refractivity contribution in [1.29, 1.82) is 0 Å². The first-order valence-electron chi connectivity index (χ1n) is 7.14. The molecule has 1 amide bonds.